The highest BCUT2D eigenvalue weighted by molar-refractivity contribution is 5.85. The van der Waals surface area contributed by atoms with Crippen molar-refractivity contribution >= 4 is 16.6 Å². The van der Waals surface area contributed by atoms with Gasteiger partial charge in [-0.05, 0) is 31.0 Å². The number of aromatic nitrogens is 1. The van der Waals surface area contributed by atoms with E-state index in [0.29, 0.717) is 6.54 Å². The third-order valence-corrected chi connectivity index (χ3v) is 2.61. The Hall–Kier alpha value is -1.88. The van der Waals surface area contributed by atoms with Crippen LogP contribution in [-0.2, 0) is 6.42 Å². The molecule has 0 bridgehead atoms. The van der Waals surface area contributed by atoms with E-state index in [1.165, 1.54) is 6.07 Å². The summed E-state index contributed by atoms with van der Waals surface area (Å²) in [6.07, 6.45) is 3.71. The molecule has 1 aromatic heterocycles. The van der Waals surface area contributed by atoms with Crippen molar-refractivity contribution in [3.63, 3.8) is 0 Å². The fourth-order valence-corrected chi connectivity index (χ4v) is 1.79. The predicted molar refractivity (Wildman–Crippen MR) is 62.3 cm³/mol. The molecule has 0 aliphatic heterocycles. The number of nitro groups is 1. The number of aryl methyl sites for hydroxylation is 1. The van der Waals surface area contributed by atoms with Crippen molar-refractivity contribution in [2.45, 2.75) is 12.8 Å². The lowest BCUT2D eigenvalue weighted by molar-refractivity contribution is -0.384. The van der Waals surface area contributed by atoms with E-state index in [4.69, 9.17) is 5.73 Å². The van der Waals surface area contributed by atoms with Crippen molar-refractivity contribution in [2.24, 2.45) is 5.73 Å². The maximum atomic E-state index is 10.6. The van der Waals surface area contributed by atoms with Crippen LogP contribution in [0.4, 0.5) is 5.69 Å². The summed E-state index contributed by atoms with van der Waals surface area (Å²) in [5.41, 5.74) is 7.53. The second kappa shape index (κ2) is 4.32. The van der Waals surface area contributed by atoms with Gasteiger partial charge in [0.25, 0.3) is 5.69 Å². The molecule has 0 unspecified atom stereocenters. The summed E-state index contributed by atoms with van der Waals surface area (Å²) in [6.45, 7) is 0.652. The van der Waals surface area contributed by atoms with Crippen molar-refractivity contribution in [1.29, 1.82) is 0 Å². The van der Waals surface area contributed by atoms with Crippen LogP contribution in [0.3, 0.4) is 0 Å². The molecule has 16 heavy (non-hydrogen) atoms. The maximum absolute atomic E-state index is 10.6. The van der Waals surface area contributed by atoms with E-state index in [2.05, 4.69) is 4.98 Å². The summed E-state index contributed by atoms with van der Waals surface area (Å²) < 4.78 is 0. The molecular formula is C11H13N3O2. The van der Waals surface area contributed by atoms with Crippen molar-refractivity contribution in [3.8, 4) is 0 Å². The lowest BCUT2D eigenvalue weighted by Crippen LogP contribution is -1.99. The van der Waals surface area contributed by atoms with Gasteiger partial charge in [-0.25, -0.2) is 0 Å². The van der Waals surface area contributed by atoms with Crippen molar-refractivity contribution in [1.82, 2.24) is 4.98 Å². The molecule has 0 fully saturated rings. The normalized spacial score (nSPS) is 10.8. The Labute approximate surface area is 92.4 Å². The number of fused-ring (bicyclic) bond motifs is 1. The van der Waals surface area contributed by atoms with E-state index in [1.54, 1.807) is 12.1 Å². The zero-order valence-electron chi connectivity index (χ0n) is 8.77. The van der Waals surface area contributed by atoms with Gasteiger partial charge in [0, 0.05) is 23.7 Å². The van der Waals surface area contributed by atoms with Crippen LogP contribution in [0.5, 0.6) is 0 Å². The van der Waals surface area contributed by atoms with Crippen molar-refractivity contribution in [2.75, 3.05) is 6.54 Å². The lowest BCUT2D eigenvalue weighted by Gasteiger charge is -1.97. The SMILES string of the molecule is NCCCc1c[nH]c2cc([N+](=O)[O-])ccc12. The molecule has 0 saturated carbocycles. The fourth-order valence-electron chi connectivity index (χ4n) is 1.79. The van der Waals surface area contributed by atoms with Gasteiger partial charge in [0.1, 0.15) is 0 Å². The number of nitro benzene ring substituents is 1. The summed E-state index contributed by atoms with van der Waals surface area (Å²) in [5, 5.41) is 11.6. The number of non-ortho nitro benzene ring substituents is 1. The Kier molecular flexibility index (Phi) is 2.87. The van der Waals surface area contributed by atoms with Crippen molar-refractivity contribution in [3.05, 3.63) is 40.1 Å². The van der Waals surface area contributed by atoms with E-state index >= 15 is 0 Å². The summed E-state index contributed by atoms with van der Waals surface area (Å²) in [6, 6.07) is 4.87. The first kappa shape index (κ1) is 10.6. The molecular weight excluding hydrogens is 206 g/mol. The van der Waals surface area contributed by atoms with Gasteiger partial charge in [-0.3, -0.25) is 10.1 Å². The molecule has 5 nitrogen and oxygen atoms in total. The topological polar surface area (TPSA) is 85.0 Å². The average molecular weight is 219 g/mol. The molecule has 2 rings (SSSR count). The van der Waals surface area contributed by atoms with Gasteiger partial charge in [0.05, 0.1) is 10.4 Å². The Morgan fingerprint density at radius 3 is 2.94 bits per heavy atom. The number of aromatic amines is 1. The predicted octanol–water partition coefficient (Wildman–Crippen LogP) is 1.97. The van der Waals surface area contributed by atoms with Crippen LogP contribution >= 0.6 is 0 Å². The molecule has 0 amide bonds. The Balaban J connectivity index is 2.38. The minimum atomic E-state index is -0.389. The minimum Gasteiger partial charge on any atom is -0.361 e. The van der Waals surface area contributed by atoms with Gasteiger partial charge in [-0.2, -0.15) is 0 Å². The van der Waals surface area contributed by atoms with Gasteiger partial charge >= 0.3 is 0 Å². The molecule has 3 N–H and O–H groups in total. The maximum Gasteiger partial charge on any atom is 0.271 e. The number of nitrogens with zero attached hydrogens (tertiary/aromatic N) is 1. The van der Waals surface area contributed by atoms with Gasteiger partial charge in [-0.1, -0.05) is 0 Å². The first-order chi connectivity index (χ1) is 7.72. The van der Waals surface area contributed by atoms with Crippen LogP contribution in [0.1, 0.15) is 12.0 Å². The number of rotatable bonds is 4. The fraction of sp³-hybridized carbons (Fsp3) is 0.273. The van der Waals surface area contributed by atoms with Gasteiger partial charge in [0.15, 0.2) is 0 Å². The third-order valence-electron chi connectivity index (χ3n) is 2.61. The standard InChI is InChI=1S/C11H13N3O2/c12-5-1-2-8-7-13-11-6-9(14(15)16)3-4-10(8)11/h3-4,6-7,13H,1-2,5,12H2. The highest BCUT2D eigenvalue weighted by Crippen LogP contribution is 2.23. The summed E-state index contributed by atoms with van der Waals surface area (Å²) >= 11 is 0. The van der Waals surface area contributed by atoms with E-state index in [1.807, 2.05) is 6.20 Å². The van der Waals surface area contributed by atoms with E-state index in [9.17, 15) is 10.1 Å². The zero-order chi connectivity index (χ0) is 11.5. The first-order valence-electron chi connectivity index (χ1n) is 5.17. The van der Waals surface area contributed by atoms with Crippen molar-refractivity contribution < 1.29 is 4.92 Å². The Morgan fingerprint density at radius 2 is 2.25 bits per heavy atom. The van der Waals surface area contributed by atoms with Crippen LogP contribution in [0.2, 0.25) is 0 Å². The van der Waals surface area contributed by atoms with Crippen LogP contribution in [0.25, 0.3) is 10.9 Å². The molecule has 2 aromatic rings. The van der Waals surface area contributed by atoms with Crippen LogP contribution in [0, 0.1) is 10.1 Å². The van der Waals surface area contributed by atoms with Crippen LogP contribution < -0.4 is 5.73 Å². The van der Waals surface area contributed by atoms with Crippen LogP contribution in [-0.4, -0.2) is 16.5 Å². The van der Waals surface area contributed by atoms with Gasteiger partial charge in [-0.15, -0.1) is 0 Å². The van der Waals surface area contributed by atoms with Gasteiger partial charge < -0.3 is 10.7 Å². The molecule has 0 atom stereocenters. The molecule has 0 spiro atoms. The summed E-state index contributed by atoms with van der Waals surface area (Å²) in [4.78, 5) is 13.3. The smallest absolute Gasteiger partial charge is 0.271 e. The summed E-state index contributed by atoms with van der Waals surface area (Å²) in [7, 11) is 0. The number of hydrogen-bond acceptors (Lipinski definition) is 3. The molecule has 0 aliphatic carbocycles. The largest absolute Gasteiger partial charge is 0.361 e. The monoisotopic (exact) mass is 219 g/mol. The second-order valence-corrected chi connectivity index (χ2v) is 3.69. The highest BCUT2D eigenvalue weighted by atomic mass is 16.6. The molecule has 5 heteroatoms. The van der Waals surface area contributed by atoms with E-state index in [-0.39, 0.29) is 10.6 Å². The lowest BCUT2D eigenvalue weighted by atomic mass is 10.1. The molecule has 1 heterocycles. The summed E-state index contributed by atoms with van der Waals surface area (Å²) in [5.74, 6) is 0. The molecule has 0 saturated heterocycles. The van der Waals surface area contributed by atoms with Crippen LogP contribution in [0.15, 0.2) is 24.4 Å². The number of nitrogens with one attached hydrogen (secondary N) is 1. The molecule has 0 aliphatic rings. The first-order valence-corrected chi connectivity index (χ1v) is 5.17. The van der Waals surface area contributed by atoms with E-state index in [0.717, 1.165) is 29.3 Å². The molecule has 1 aromatic carbocycles. The second-order valence-electron chi connectivity index (χ2n) is 3.69. The Bertz CT molecular complexity index is 519. The zero-order valence-corrected chi connectivity index (χ0v) is 8.77. The number of hydrogen-bond donors (Lipinski definition) is 2. The number of nitrogens with two attached hydrogens (primary N) is 1. The quantitative estimate of drug-likeness (QED) is 0.609. The number of benzene rings is 1. The third kappa shape index (κ3) is 1.90. The highest BCUT2D eigenvalue weighted by Gasteiger charge is 2.09. The van der Waals surface area contributed by atoms with E-state index < -0.39 is 0 Å². The number of H-pyrrole nitrogens is 1. The average Bonchev–Trinajstić information content (AvgIpc) is 2.68. The molecule has 84 valence electrons. The Morgan fingerprint density at radius 1 is 1.44 bits per heavy atom. The minimum absolute atomic E-state index is 0.111. The van der Waals surface area contributed by atoms with Gasteiger partial charge in [0.2, 0.25) is 0 Å². The molecule has 0 radical (unpaired) electrons.